The summed E-state index contributed by atoms with van der Waals surface area (Å²) in [5.41, 5.74) is 11.5. The molecular formula is C27H37N3. The van der Waals surface area contributed by atoms with E-state index in [9.17, 15) is 0 Å². The summed E-state index contributed by atoms with van der Waals surface area (Å²) in [6.07, 6.45) is 6.54. The van der Waals surface area contributed by atoms with Crippen LogP contribution in [-0.2, 0) is 0 Å². The molecule has 0 radical (unpaired) electrons. The fourth-order valence-corrected chi connectivity index (χ4v) is 4.61. The Balaban J connectivity index is 1.85. The zero-order valence-corrected chi connectivity index (χ0v) is 19.7. The minimum absolute atomic E-state index is 0.0850. The van der Waals surface area contributed by atoms with Gasteiger partial charge in [-0.3, -0.25) is 0 Å². The highest BCUT2D eigenvalue weighted by Gasteiger charge is 2.30. The Bertz CT molecular complexity index is 874. The summed E-state index contributed by atoms with van der Waals surface area (Å²) in [4.78, 5) is 0. The Morgan fingerprint density at radius 1 is 0.767 bits per heavy atom. The highest BCUT2D eigenvalue weighted by Crippen LogP contribution is 2.31. The summed E-state index contributed by atoms with van der Waals surface area (Å²) in [7, 11) is 0. The summed E-state index contributed by atoms with van der Waals surface area (Å²) in [5.74, 6) is 0. The van der Waals surface area contributed by atoms with E-state index in [0.717, 1.165) is 19.6 Å². The number of hydrogen-bond acceptors (Lipinski definition) is 3. The predicted octanol–water partition coefficient (Wildman–Crippen LogP) is 6.11. The van der Waals surface area contributed by atoms with E-state index >= 15 is 0 Å². The van der Waals surface area contributed by atoms with Gasteiger partial charge in [0.15, 0.2) is 0 Å². The van der Waals surface area contributed by atoms with Crippen LogP contribution in [0, 0.1) is 47.0 Å². The molecule has 0 unspecified atom stereocenters. The van der Waals surface area contributed by atoms with Crippen molar-refractivity contribution in [1.29, 1.82) is 0 Å². The third kappa shape index (κ3) is 4.89. The Hall–Kier alpha value is -2.68. The van der Waals surface area contributed by atoms with Crippen LogP contribution >= 0.6 is 0 Å². The van der Waals surface area contributed by atoms with Crippen molar-refractivity contribution in [2.45, 2.75) is 48.5 Å². The summed E-state index contributed by atoms with van der Waals surface area (Å²) >= 11 is 0. The van der Waals surface area contributed by atoms with Crippen LogP contribution in [0.2, 0.25) is 0 Å². The molecule has 3 N–H and O–H groups in total. The van der Waals surface area contributed by atoms with Crippen LogP contribution in [-0.4, -0.2) is 19.6 Å². The second kappa shape index (κ2) is 8.99. The monoisotopic (exact) mass is 403 g/mol. The van der Waals surface area contributed by atoms with Crippen LogP contribution < -0.4 is 16.0 Å². The lowest BCUT2D eigenvalue weighted by Gasteiger charge is -2.36. The molecule has 0 aliphatic carbocycles. The lowest BCUT2D eigenvalue weighted by molar-refractivity contribution is 0.420. The molecule has 1 heterocycles. The maximum absolute atomic E-state index is 3.78. The van der Waals surface area contributed by atoms with E-state index in [1.54, 1.807) is 0 Å². The van der Waals surface area contributed by atoms with Gasteiger partial charge in [0.2, 0.25) is 0 Å². The minimum atomic E-state index is -0.0850. The Morgan fingerprint density at radius 2 is 1.20 bits per heavy atom. The number of hydrogen-bond donors (Lipinski definition) is 3. The number of anilines is 2. The number of allylic oxidation sites excluding steroid dienone is 2. The van der Waals surface area contributed by atoms with Crippen LogP contribution in [0.1, 0.15) is 40.3 Å². The summed E-state index contributed by atoms with van der Waals surface area (Å²) in [6, 6.07) is 9.02. The second-order valence-electron chi connectivity index (χ2n) is 9.20. The summed E-state index contributed by atoms with van der Waals surface area (Å²) < 4.78 is 0. The highest BCUT2D eigenvalue weighted by molar-refractivity contribution is 5.60. The second-order valence-corrected chi connectivity index (χ2v) is 9.20. The van der Waals surface area contributed by atoms with Gasteiger partial charge in [0.25, 0.3) is 0 Å². The fourth-order valence-electron chi connectivity index (χ4n) is 4.61. The number of benzene rings is 2. The first kappa shape index (κ1) is 22.0. The lowest BCUT2D eigenvalue weighted by Crippen LogP contribution is -2.41. The first-order chi connectivity index (χ1) is 14.2. The van der Waals surface area contributed by atoms with E-state index in [4.69, 9.17) is 0 Å². The van der Waals surface area contributed by atoms with Gasteiger partial charge in [-0.15, -0.1) is 0 Å². The SMILES string of the molecule is Cc1cc(C)c(NCC(C)(CNc2c(C)cc(C)cc2C)C2=CC=CCN2)c(C)c1. The van der Waals surface area contributed by atoms with Gasteiger partial charge in [-0.2, -0.15) is 0 Å². The molecule has 3 nitrogen and oxygen atoms in total. The van der Waals surface area contributed by atoms with Crippen molar-refractivity contribution in [1.82, 2.24) is 5.32 Å². The molecule has 1 aliphatic heterocycles. The molecule has 0 saturated carbocycles. The number of aryl methyl sites for hydroxylation is 6. The van der Waals surface area contributed by atoms with Crippen LogP contribution in [0.15, 0.2) is 48.2 Å². The first-order valence-electron chi connectivity index (χ1n) is 10.9. The fraction of sp³-hybridized carbons (Fsp3) is 0.407. The largest absolute Gasteiger partial charge is 0.384 e. The van der Waals surface area contributed by atoms with Gasteiger partial charge >= 0.3 is 0 Å². The molecule has 1 aliphatic rings. The molecule has 2 aromatic rings. The van der Waals surface area contributed by atoms with Crippen molar-refractivity contribution in [2.75, 3.05) is 30.3 Å². The molecule has 0 saturated heterocycles. The third-order valence-electron chi connectivity index (χ3n) is 6.12. The number of rotatable bonds is 7. The van der Waals surface area contributed by atoms with Crippen LogP contribution in [0.25, 0.3) is 0 Å². The van der Waals surface area contributed by atoms with Crippen molar-refractivity contribution < 1.29 is 0 Å². The molecule has 0 bridgehead atoms. The lowest BCUT2D eigenvalue weighted by atomic mass is 9.84. The molecule has 0 atom stereocenters. The van der Waals surface area contributed by atoms with Crippen molar-refractivity contribution >= 4 is 11.4 Å². The first-order valence-corrected chi connectivity index (χ1v) is 10.9. The van der Waals surface area contributed by atoms with E-state index < -0.39 is 0 Å². The van der Waals surface area contributed by atoms with E-state index in [1.165, 1.54) is 50.5 Å². The van der Waals surface area contributed by atoms with Gasteiger partial charge in [-0.25, -0.2) is 0 Å². The molecule has 160 valence electrons. The Labute approximate surface area is 182 Å². The highest BCUT2D eigenvalue weighted by atomic mass is 15.0. The molecule has 3 heteroatoms. The van der Waals surface area contributed by atoms with E-state index in [0.29, 0.717) is 0 Å². The van der Waals surface area contributed by atoms with Crippen LogP contribution in [0.3, 0.4) is 0 Å². The molecule has 0 fully saturated rings. The zero-order valence-electron chi connectivity index (χ0n) is 19.7. The van der Waals surface area contributed by atoms with Gasteiger partial charge in [-0.1, -0.05) is 54.5 Å². The quantitative estimate of drug-likeness (QED) is 0.522. The Kier molecular flexibility index (Phi) is 6.60. The summed E-state index contributed by atoms with van der Waals surface area (Å²) in [5, 5.41) is 11.2. The van der Waals surface area contributed by atoms with E-state index in [-0.39, 0.29) is 5.41 Å². The topological polar surface area (TPSA) is 36.1 Å². The van der Waals surface area contributed by atoms with Crippen molar-refractivity contribution in [3.05, 3.63) is 81.6 Å². The van der Waals surface area contributed by atoms with E-state index in [2.05, 4.69) is 107 Å². The zero-order chi connectivity index (χ0) is 21.9. The van der Waals surface area contributed by atoms with E-state index in [1.807, 2.05) is 0 Å². The molecule has 0 aromatic heterocycles. The van der Waals surface area contributed by atoms with Gasteiger partial charge < -0.3 is 16.0 Å². The molecule has 0 amide bonds. The molecule has 2 aromatic carbocycles. The van der Waals surface area contributed by atoms with Gasteiger partial charge in [0, 0.05) is 42.1 Å². The molecular weight excluding hydrogens is 366 g/mol. The van der Waals surface area contributed by atoms with Crippen LogP contribution in [0.4, 0.5) is 11.4 Å². The van der Waals surface area contributed by atoms with Crippen molar-refractivity contribution in [2.24, 2.45) is 5.41 Å². The maximum atomic E-state index is 3.78. The van der Waals surface area contributed by atoms with Crippen LogP contribution in [0.5, 0.6) is 0 Å². The van der Waals surface area contributed by atoms with Gasteiger partial charge in [0.05, 0.1) is 0 Å². The predicted molar refractivity (Wildman–Crippen MR) is 132 cm³/mol. The van der Waals surface area contributed by atoms with Gasteiger partial charge in [-0.05, 0) is 69.9 Å². The minimum Gasteiger partial charge on any atom is -0.384 e. The Morgan fingerprint density at radius 3 is 1.57 bits per heavy atom. The maximum Gasteiger partial charge on any atom is 0.0417 e. The number of dihydropyridines is 1. The molecule has 30 heavy (non-hydrogen) atoms. The molecule has 3 rings (SSSR count). The average molecular weight is 404 g/mol. The molecule has 0 spiro atoms. The van der Waals surface area contributed by atoms with Gasteiger partial charge in [0.1, 0.15) is 0 Å². The number of nitrogens with one attached hydrogen (secondary N) is 3. The van der Waals surface area contributed by atoms with Crippen molar-refractivity contribution in [3.8, 4) is 0 Å². The smallest absolute Gasteiger partial charge is 0.0417 e. The summed E-state index contributed by atoms with van der Waals surface area (Å²) in [6.45, 7) is 18.0. The van der Waals surface area contributed by atoms with Crippen molar-refractivity contribution in [3.63, 3.8) is 0 Å². The average Bonchev–Trinajstić information content (AvgIpc) is 2.67. The standard InChI is InChI=1S/C27H37N3/c1-18-12-20(3)25(21(4)13-18)29-16-27(7,24-10-8-9-11-28-24)17-30-26-22(5)14-19(2)15-23(26)6/h8-10,12-15,28-30H,11,16-17H2,1-7H3. The third-order valence-corrected chi connectivity index (χ3v) is 6.12. The normalized spacial score (nSPS) is 13.6.